The number of Topliss-reactive ketones (excluding diaryl/α,β-unsaturated/α-hetero) is 1. The summed E-state index contributed by atoms with van der Waals surface area (Å²) in [6, 6.07) is 5.56. The van der Waals surface area contributed by atoms with Gasteiger partial charge in [0.05, 0.1) is 0 Å². The SMILES string of the molecule is CCCCCOC(C)C(=O)c1ccc(F)cc1. The van der Waals surface area contributed by atoms with Crippen LogP contribution in [0.5, 0.6) is 0 Å². The number of rotatable bonds is 7. The van der Waals surface area contributed by atoms with Gasteiger partial charge in [-0.1, -0.05) is 19.8 Å². The molecule has 17 heavy (non-hydrogen) atoms. The molecule has 0 aromatic heterocycles. The third-order valence-corrected chi connectivity index (χ3v) is 2.61. The summed E-state index contributed by atoms with van der Waals surface area (Å²) in [7, 11) is 0. The molecule has 0 saturated heterocycles. The Balaban J connectivity index is 2.43. The van der Waals surface area contributed by atoms with Crippen LogP contribution in [-0.2, 0) is 4.74 Å². The van der Waals surface area contributed by atoms with E-state index in [0.717, 1.165) is 19.3 Å². The van der Waals surface area contributed by atoms with Crippen molar-refractivity contribution in [2.24, 2.45) is 0 Å². The number of carbonyl (C=O) groups is 1. The second-order valence-corrected chi connectivity index (χ2v) is 4.09. The standard InChI is InChI=1S/C14H19FO2/c1-3-4-5-10-17-11(2)14(16)12-6-8-13(15)9-7-12/h6-9,11H,3-5,10H2,1-2H3. The first-order valence-electron chi connectivity index (χ1n) is 6.06. The van der Waals surface area contributed by atoms with Gasteiger partial charge in [0.1, 0.15) is 11.9 Å². The van der Waals surface area contributed by atoms with Gasteiger partial charge in [-0.05, 0) is 37.6 Å². The quantitative estimate of drug-likeness (QED) is 0.536. The minimum absolute atomic E-state index is 0.0958. The van der Waals surface area contributed by atoms with Gasteiger partial charge in [0, 0.05) is 12.2 Å². The average Bonchev–Trinajstić information content (AvgIpc) is 2.34. The lowest BCUT2D eigenvalue weighted by atomic mass is 10.1. The lowest BCUT2D eigenvalue weighted by Gasteiger charge is -2.11. The molecule has 1 atom stereocenters. The monoisotopic (exact) mass is 238 g/mol. The van der Waals surface area contributed by atoms with Gasteiger partial charge in [0.2, 0.25) is 0 Å². The Kier molecular flexibility index (Phi) is 5.84. The molecule has 94 valence electrons. The van der Waals surface area contributed by atoms with Crippen LogP contribution in [0.4, 0.5) is 4.39 Å². The molecule has 0 spiro atoms. The van der Waals surface area contributed by atoms with Gasteiger partial charge in [0.25, 0.3) is 0 Å². The smallest absolute Gasteiger partial charge is 0.191 e. The Labute approximate surface area is 102 Å². The van der Waals surface area contributed by atoms with Crippen molar-refractivity contribution in [1.29, 1.82) is 0 Å². The van der Waals surface area contributed by atoms with E-state index in [1.807, 2.05) is 0 Å². The van der Waals surface area contributed by atoms with Gasteiger partial charge in [-0.2, -0.15) is 0 Å². The summed E-state index contributed by atoms with van der Waals surface area (Å²) >= 11 is 0. The number of ether oxygens (including phenoxy) is 1. The molecule has 0 amide bonds. The molecule has 1 unspecified atom stereocenters. The number of unbranched alkanes of at least 4 members (excludes halogenated alkanes) is 2. The molecular formula is C14H19FO2. The highest BCUT2D eigenvalue weighted by molar-refractivity contribution is 5.99. The van der Waals surface area contributed by atoms with Crippen molar-refractivity contribution in [3.8, 4) is 0 Å². The molecular weight excluding hydrogens is 219 g/mol. The average molecular weight is 238 g/mol. The number of ketones is 1. The summed E-state index contributed by atoms with van der Waals surface area (Å²) in [5.41, 5.74) is 0.495. The van der Waals surface area contributed by atoms with Crippen LogP contribution in [0.3, 0.4) is 0 Å². The number of benzene rings is 1. The predicted octanol–water partition coefficient (Wildman–Crippen LogP) is 3.60. The van der Waals surface area contributed by atoms with Crippen molar-refractivity contribution in [2.75, 3.05) is 6.61 Å². The molecule has 1 rings (SSSR count). The fraction of sp³-hybridized carbons (Fsp3) is 0.500. The Morgan fingerprint density at radius 1 is 1.29 bits per heavy atom. The molecule has 0 saturated carbocycles. The molecule has 1 aromatic rings. The molecule has 0 bridgehead atoms. The van der Waals surface area contributed by atoms with E-state index >= 15 is 0 Å². The predicted molar refractivity (Wildman–Crippen MR) is 65.7 cm³/mol. The van der Waals surface area contributed by atoms with Crippen LogP contribution >= 0.6 is 0 Å². The summed E-state index contributed by atoms with van der Waals surface area (Å²) in [6.07, 6.45) is 2.75. The van der Waals surface area contributed by atoms with Crippen LogP contribution in [0, 0.1) is 5.82 Å². The van der Waals surface area contributed by atoms with Crippen molar-refractivity contribution in [3.63, 3.8) is 0 Å². The van der Waals surface area contributed by atoms with Crippen molar-refractivity contribution in [2.45, 2.75) is 39.2 Å². The minimum atomic E-state index is -0.461. The summed E-state index contributed by atoms with van der Waals surface area (Å²) in [4.78, 5) is 11.9. The summed E-state index contributed by atoms with van der Waals surface area (Å²) < 4.78 is 18.1. The van der Waals surface area contributed by atoms with E-state index in [-0.39, 0.29) is 11.6 Å². The van der Waals surface area contributed by atoms with Gasteiger partial charge in [-0.25, -0.2) is 4.39 Å². The number of halogens is 1. The molecule has 0 aliphatic heterocycles. The maximum atomic E-state index is 12.7. The first kappa shape index (κ1) is 13.8. The highest BCUT2D eigenvalue weighted by atomic mass is 19.1. The van der Waals surface area contributed by atoms with Crippen LogP contribution in [0.15, 0.2) is 24.3 Å². The third-order valence-electron chi connectivity index (χ3n) is 2.61. The lowest BCUT2D eigenvalue weighted by molar-refractivity contribution is 0.0465. The molecule has 0 aliphatic carbocycles. The van der Waals surface area contributed by atoms with Crippen molar-refractivity contribution in [1.82, 2.24) is 0 Å². The van der Waals surface area contributed by atoms with E-state index in [0.29, 0.717) is 12.2 Å². The largest absolute Gasteiger partial charge is 0.370 e. The number of carbonyl (C=O) groups excluding carboxylic acids is 1. The van der Waals surface area contributed by atoms with Gasteiger partial charge < -0.3 is 4.74 Å². The summed E-state index contributed by atoms with van der Waals surface area (Å²) in [6.45, 7) is 4.45. The van der Waals surface area contributed by atoms with Gasteiger partial charge >= 0.3 is 0 Å². The topological polar surface area (TPSA) is 26.3 Å². The number of hydrogen-bond donors (Lipinski definition) is 0. The van der Waals surface area contributed by atoms with E-state index in [1.165, 1.54) is 24.3 Å². The van der Waals surface area contributed by atoms with Crippen molar-refractivity contribution in [3.05, 3.63) is 35.6 Å². The lowest BCUT2D eigenvalue weighted by Crippen LogP contribution is -2.21. The van der Waals surface area contributed by atoms with Crippen LogP contribution in [0.25, 0.3) is 0 Å². The van der Waals surface area contributed by atoms with Gasteiger partial charge in [-0.15, -0.1) is 0 Å². The molecule has 0 radical (unpaired) electrons. The van der Waals surface area contributed by atoms with E-state index in [4.69, 9.17) is 4.74 Å². The van der Waals surface area contributed by atoms with Crippen LogP contribution in [0.1, 0.15) is 43.5 Å². The Bertz CT molecular complexity index is 346. The van der Waals surface area contributed by atoms with Gasteiger partial charge in [-0.3, -0.25) is 4.79 Å². The molecule has 1 aromatic carbocycles. The summed E-state index contributed by atoms with van der Waals surface area (Å²) in [5.74, 6) is -0.431. The molecule has 0 fully saturated rings. The fourth-order valence-electron chi connectivity index (χ4n) is 1.54. The second-order valence-electron chi connectivity index (χ2n) is 4.09. The Morgan fingerprint density at radius 3 is 2.53 bits per heavy atom. The zero-order valence-corrected chi connectivity index (χ0v) is 10.4. The first-order chi connectivity index (χ1) is 8.15. The Hall–Kier alpha value is -1.22. The maximum Gasteiger partial charge on any atom is 0.191 e. The third kappa shape index (κ3) is 4.65. The van der Waals surface area contributed by atoms with Crippen molar-refractivity contribution < 1.29 is 13.9 Å². The first-order valence-corrected chi connectivity index (χ1v) is 6.06. The molecule has 3 heteroatoms. The molecule has 0 aliphatic rings. The normalized spacial score (nSPS) is 12.4. The minimum Gasteiger partial charge on any atom is -0.370 e. The van der Waals surface area contributed by atoms with E-state index in [2.05, 4.69) is 6.92 Å². The van der Waals surface area contributed by atoms with Crippen LogP contribution in [-0.4, -0.2) is 18.5 Å². The Morgan fingerprint density at radius 2 is 1.94 bits per heavy atom. The van der Waals surface area contributed by atoms with E-state index < -0.39 is 6.10 Å². The van der Waals surface area contributed by atoms with Gasteiger partial charge in [0.15, 0.2) is 5.78 Å². The van der Waals surface area contributed by atoms with E-state index in [1.54, 1.807) is 6.92 Å². The highest BCUT2D eigenvalue weighted by Crippen LogP contribution is 2.08. The number of hydrogen-bond acceptors (Lipinski definition) is 2. The van der Waals surface area contributed by atoms with Crippen LogP contribution < -0.4 is 0 Å². The molecule has 2 nitrogen and oxygen atoms in total. The van der Waals surface area contributed by atoms with Crippen LogP contribution in [0.2, 0.25) is 0 Å². The zero-order valence-electron chi connectivity index (χ0n) is 10.4. The van der Waals surface area contributed by atoms with Crippen molar-refractivity contribution >= 4 is 5.78 Å². The molecule has 0 N–H and O–H groups in total. The highest BCUT2D eigenvalue weighted by Gasteiger charge is 2.15. The maximum absolute atomic E-state index is 12.7. The molecule has 0 heterocycles. The van der Waals surface area contributed by atoms with E-state index in [9.17, 15) is 9.18 Å². The zero-order chi connectivity index (χ0) is 12.7. The second kappa shape index (κ2) is 7.17. The summed E-state index contributed by atoms with van der Waals surface area (Å²) in [5, 5.41) is 0. The fourth-order valence-corrected chi connectivity index (χ4v) is 1.54.